The van der Waals surface area contributed by atoms with Gasteiger partial charge in [-0.25, -0.2) is 4.39 Å². The quantitative estimate of drug-likeness (QED) is 0.906. The molecule has 0 spiro atoms. The van der Waals surface area contributed by atoms with Crippen LogP contribution in [0, 0.1) is 5.82 Å². The lowest BCUT2D eigenvalue weighted by atomic mass is 10.0. The van der Waals surface area contributed by atoms with E-state index in [1.807, 2.05) is 6.92 Å². The molecule has 0 radical (unpaired) electrons. The Morgan fingerprint density at radius 3 is 2.61 bits per heavy atom. The number of nitrogens with zero attached hydrogens (tertiary/aromatic N) is 1. The highest BCUT2D eigenvalue weighted by atomic mass is 79.9. The number of aliphatic carboxylic acids is 1. The molecule has 0 saturated carbocycles. The van der Waals surface area contributed by atoms with Gasteiger partial charge in [0.15, 0.2) is 0 Å². The van der Waals surface area contributed by atoms with Gasteiger partial charge in [-0.2, -0.15) is 0 Å². The van der Waals surface area contributed by atoms with Crippen molar-refractivity contribution in [3.63, 3.8) is 0 Å². The van der Waals surface area contributed by atoms with E-state index in [4.69, 9.17) is 0 Å². The zero-order valence-corrected chi connectivity index (χ0v) is 12.3. The molecule has 1 rings (SSSR count). The maximum atomic E-state index is 13.2. The third kappa shape index (κ3) is 3.29. The zero-order chi connectivity index (χ0) is 13.9. The Morgan fingerprint density at radius 1 is 1.50 bits per heavy atom. The number of carboxylic acid groups (broad SMARTS) is 1. The van der Waals surface area contributed by atoms with Crippen LogP contribution in [0.3, 0.4) is 0 Å². The highest BCUT2D eigenvalue weighted by Gasteiger charge is 2.33. The molecule has 0 amide bonds. The molecular weight excluding hydrogens is 301 g/mol. The van der Waals surface area contributed by atoms with Gasteiger partial charge >= 0.3 is 5.97 Å². The summed E-state index contributed by atoms with van der Waals surface area (Å²) in [6.45, 7) is 6.13. The number of likely N-dealkylation sites (N-methyl/N-ethyl adjacent to an activating group) is 1. The number of benzene rings is 1. The van der Waals surface area contributed by atoms with Crippen molar-refractivity contribution < 1.29 is 14.3 Å². The van der Waals surface area contributed by atoms with Crippen molar-refractivity contribution in [1.29, 1.82) is 0 Å². The Kier molecular flexibility index (Phi) is 4.87. The van der Waals surface area contributed by atoms with Gasteiger partial charge in [0, 0.05) is 11.0 Å². The predicted octanol–water partition coefficient (Wildman–Crippen LogP) is 3.27. The van der Waals surface area contributed by atoms with Crippen LogP contribution in [0.1, 0.15) is 26.3 Å². The van der Waals surface area contributed by atoms with Crippen LogP contribution in [0.25, 0.3) is 0 Å². The molecule has 0 fully saturated rings. The lowest BCUT2D eigenvalue weighted by molar-refractivity contribution is -0.149. The summed E-state index contributed by atoms with van der Waals surface area (Å²) >= 11 is 3.35. The number of halogens is 2. The van der Waals surface area contributed by atoms with Crippen LogP contribution in [0.15, 0.2) is 22.7 Å². The maximum absolute atomic E-state index is 13.2. The van der Waals surface area contributed by atoms with E-state index in [0.29, 0.717) is 13.1 Å². The molecule has 0 heterocycles. The van der Waals surface area contributed by atoms with Crippen LogP contribution in [-0.2, 0) is 11.3 Å². The van der Waals surface area contributed by atoms with E-state index >= 15 is 0 Å². The summed E-state index contributed by atoms with van der Waals surface area (Å²) in [6, 6.07) is 4.42. The van der Waals surface area contributed by atoms with Crippen LogP contribution in [0.5, 0.6) is 0 Å². The normalized spacial score (nSPS) is 11.9. The lowest BCUT2D eigenvalue weighted by Gasteiger charge is -2.34. The average Bonchev–Trinajstić information content (AvgIpc) is 2.29. The maximum Gasteiger partial charge on any atom is 0.323 e. The van der Waals surface area contributed by atoms with Gasteiger partial charge in [-0.05, 0) is 44.2 Å². The Bertz CT molecular complexity index is 449. The van der Waals surface area contributed by atoms with Gasteiger partial charge in [-0.1, -0.05) is 22.9 Å². The minimum absolute atomic E-state index is 0.322. The van der Waals surface area contributed by atoms with E-state index in [1.165, 1.54) is 12.1 Å². The molecule has 1 aromatic carbocycles. The van der Waals surface area contributed by atoms with Gasteiger partial charge in [-0.15, -0.1) is 0 Å². The number of rotatable bonds is 5. The van der Waals surface area contributed by atoms with E-state index in [9.17, 15) is 14.3 Å². The second-order valence-corrected chi connectivity index (χ2v) is 5.47. The van der Waals surface area contributed by atoms with Crippen molar-refractivity contribution in [2.24, 2.45) is 0 Å². The third-order valence-corrected chi connectivity index (χ3v) is 3.84. The molecule has 0 saturated heterocycles. The molecule has 100 valence electrons. The summed E-state index contributed by atoms with van der Waals surface area (Å²) < 4.78 is 14.0. The Balaban J connectivity index is 3.00. The summed E-state index contributed by atoms with van der Waals surface area (Å²) in [6.07, 6.45) is 0. The molecule has 3 nitrogen and oxygen atoms in total. The zero-order valence-electron chi connectivity index (χ0n) is 10.7. The molecule has 18 heavy (non-hydrogen) atoms. The van der Waals surface area contributed by atoms with Gasteiger partial charge in [0.1, 0.15) is 11.4 Å². The van der Waals surface area contributed by atoms with Crippen molar-refractivity contribution in [2.45, 2.75) is 32.9 Å². The minimum atomic E-state index is -0.986. The topological polar surface area (TPSA) is 40.5 Å². The van der Waals surface area contributed by atoms with Crippen LogP contribution in [-0.4, -0.2) is 28.1 Å². The predicted molar refractivity (Wildman–Crippen MR) is 71.9 cm³/mol. The number of hydrogen-bond acceptors (Lipinski definition) is 2. The average molecular weight is 318 g/mol. The summed E-state index contributed by atoms with van der Waals surface area (Å²) in [5.41, 5.74) is -0.244. The number of hydrogen-bond donors (Lipinski definition) is 1. The van der Waals surface area contributed by atoms with Gasteiger partial charge in [0.05, 0.1) is 0 Å². The molecule has 1 aromatic rings. The smallest absolute Gasteiger partial charge is 0.323 e. The fourth-order valence-corrected chi connectivity index (χ4v) is 2.08. The first-order valence-electron chi connectivity index (χ1n) is 5.71. The van der Waals surface area contributed by atoms with Gasteiger partial charge in [0.25, 0.3) is 0 Å². The molecule has 5 heteroatoms. The molecule has 1 N–H and O–H groups in total. The number of carboxylic acids is 1. The number of carbonyl (C=O) groups is 1. The van der Waals surface area contributed by atoms with Crippen molar-refractivity contribution in [2.75, 3.05) is 6.54 Å². The van der Waals surface area contributed by atoms with Gasteiger partial charge in [0.2, 0.25) is 0 Å². The molecule has 0 aromatic heterocycles. The third-order valence-electron chi connectivity index (χ3n) is 3.06. The Morgan fingerprint density at radius 2 is 2.11 bits per heavy atom. The summed E-state index contributed by atoms with van der Waals surface area (Å²) in [5, 5.41) is 9.22. The Labute approximate surface area is 115 Å². The minimum Gasteiger partial charge on any atom is -0.480 e. The second-order valence-electron chi connectivity index (χ2n) is 4.61. The highest BCUT2D eigenvalue weighted by molar-refractivity contribution is 9.10. The summed E-state index contributed by atoms with van der Waals surface area (Å²) in [7, 11) is 0. The first-order valence-corrected chi connectivity index (χ1v) is 6.50. The van der Waals surface area contributed by atoms with Crippen LogP contribution < -0.4 is 0 Å². The molecule has 0 aliphatic heterocycles. The Hall–Kier alpha value is -0.940. The highest BCUT2D eigenvalue weighted by Crippen LogP contribution is 2.23. The fraction of sp³-hybridized carbons (Fsp3) is 0.462. The lowest BCUT2D eigenvalue weighted by Crippen LogP contribution is -2.49. The largest absolute Gasteiger partial charge is 0.480 e. The van der Waals surface area contributed by atoms with E-state index < -0.39 is 11.5 Å². The monoisotopic (exact) mass is 317 g/mol. The first kappa shape index (κ1) is 15.1. The summed E-state index contributed by atoms with van der Waals surface area (Å²) in [5.74, 6) is -1.21. The molecule has 0 bridgehead atoms. The van der Waals surface area contributed by atoms with E-state index in [-0.39, 0.29) is 5.82 Å². The summed E-state index contributed by atoms with van der Waals surface area (Å²) in [4.78, 5) is 13.0. The standard InChI is InChI=1S/C13H17BrFNO2/c1-4-16(13(2,3)12(17)18)8-9-7-10(15)5-6-11(9)14/h5-7H,4,8H2,1-3H3,(H,17,18). The van der Waals surface area contributed by atoms with Crippen molar-refractivity contribution >= 4 is 21.9 Å². The van der Waals surface area contributed by atoms with E-state index in [0.717, 1.165) is 10.0 Å². The van der Waals surface area contributed by atoms with E-state index in [2.05, 4.69) is 15.9 Å². The van der Waals surface area contributed by atoms with Crippen LogP contribution in [0.4, 0.5) is 4.39 Å². The van der Waals surface area contributed by atoms with Crippen LogP contribution >= 0.6 is 15.9 Å². The first-order chi connectivity index (χ1) is 8.28. The molecule has 0 aliphatic rings. The fourth-order valence-electron chi connectivity index (χ4n) is 1.71. The van der Waals surface area contributed by atoms with Gasteiger partial charge < -0.3 is 5.11 Å². The molecular formula is C13H17BrFNO2. The molecule has 0 atom stereocenters. The van der Waals surface area contributed by atoms with Crippen LogP contribution in [0.2, 0.25) is 0 Å². The van der Waals surface area contributed by atoms with E-state index in [1.54, 1.807) is 24.8 Å². The van der Waals surface area contributed by atoms with Crippen molar-refractivity contribution in [1.82, 2.24) is 4.90 Å². The molecule has 0 aliphatic carbocycles. The molecule has 0 unspecified atom stereocenters. The van der Waals surface area contributed by atoms with Crippen molar-refractivity contribution in [3.8, 4) is 0 Å². The second kappa shape index (κ2) is 5.80. The SMILES string of the molecule is CCN(Cc1cc(F)ccc1Br)C(C)(C)C(=O)O. The van der Waals surface area contributed by atoms with Crippen molar-refractivity contribution in [3.05, 3.63) is 34.1 Å². The van der Waals surface area contributed by atoms with Gasteiger partial charge in [-0.3, -0.25) is 9.69 Å².